The Labute approximate surface area is 141 Å². The van der Waals surface area contributed by atoms with E-state index in [1.807, 2.05) is 31.3 Å². The van der Waals surface area contributed by atoms with Crippen LogP contribution >= 0.6 is 0 Å². The number of aromatic nitrogens is 1. The summed E-state index contributed by atoms with van der Waals surface area (Å²) in [5.74, 6) is -1.05. The van der Waals surface area contributed by atoms with Crippen LogP contribution in [-0.4, -0.2) is 52.5 Å². The van der Waals surface area contributed by atoms with Crippen LogP contribution in [0.25, 0.3) is 10.9 Å². The Hall–Kier alpha value is -2.34. The van der Waals surface area contributed by atoms with Crippen LogP contribution in [0.1, 0.15) is 25.8 Å². The molecule has 6 heteroatoms. The van der Waals surface area contributed by atoms with Crippen LogP contribution in [0.3, 0.4) is 0 Å². The van der Waals surface area contributed by atoms with Gasteiger partial charge in [-0.15, -0.1) is 0 Å². The normalized spacial score (nSPS) is 12.5. The molecule has 1 aromatic carbocycles. The summed E-state index contributed by atoms with van der Waals surface area (Å²) in [6.45, 7) is 4.71. The number of carbonyl (C=O) groups is 2. The smallest absolute Gasteiger partial charge is 0.317 e. The Morgan fingerprint density at radius 3 is 2.79 bits per heavy atom. The number of hydrogen-bond donors (Lipinski definition) is 3. The standard InChI is InChI=1S/C18H25N3O3/c1-3-10-21(12-17(22)23)13(2)18(24)19-9-8-14-11-20-16-7-5-4-6-15(14)16/h4-7,11,13,20H,3,8-10,12H2,1-2H3,(H,19,24)(H,22,23). The predicted octanol–water partition coefficient (Wildman–Crippen LogP) is 2.01. The van der Waals surface area contributed by atoms with Gasteiger partial charge in [-0.2, -0.15) is 0 Å². The van der Waals surface area contributed by atoms with Gasteiger partial charge in [-0.3, -0.25) is 14.5 Å². The second kappa shape index (κ2) is 8.49. The van der Waals surface area contributed by atoms with E-state index in [-0.39, 0.29) is 12.5 Å². The van der Waals surface area contributed by atoms with Crippen LogP contribution in [-0.2, 0) is 16.0 Å². The maximum atomic E-state index is 12.3. The van der Waals surface area contributed by atoms with E-state index < -0.39 is 12.0 Å². The quantitative estimate of drug-likeness (QED) is 0.656. The lowest BCUT2D eigenvalue weighted by Crippen LogP contribution is -2.47. The summed E-state index contributed by atoms with van der Waals surface area (Å²) in [6.07, 6.45) is 3.50. The number of H-pyrrole nitrogens is 1. The molecule has 1 aromatic heterocycles. The van der Waals surface area contributed by atoms with Crippen molar-refractivity contribution in [3.8, 4) is 0 Å². The topological polar surface area (TPSA) is 85.4 Å². The van der Waals surface area contributed by atoms with Crippen LogP contribution < -0.4 is 5.32 Å². The molecule has 1 unspecified atom stereocenters. The Balaban J connectivity index is 1.88. The SMILES string of the molecule is CCCN(CC(=O)O)C(C)C(=O)NCCc1c[nH]c2ccccc12. The van der Waals surface area contributed by atoms with E-state index in [0.29, 0.717) is 13.1 Å². The van der Waals surface area contributed by atoms with E-state index in [1.165, 1.54) is 5.39 Å². The molecule has 0 bridgehead atoms. The highest BCUT2D eigenvalue weighted by molar-refractivity contribution is 5.84. The molecule has 1 atom stereocenters. The Bertz CT molecular complexity index is 696. The fourth-order valence-corrected chi connectivity index (χ4v) is 2.84. The number of nitrogens with zero attached hydrogens (tertiary/aromatic N) is 1. The molecular weight excluding hydrogens is 306 g/mol. The van der Waals surface area contributed by atoms with Crippen molar-refractivity contribution in [2.75, 3.05) is 19.6 Å². The summed E-state index contributed by atoms with van der Waals surface area (Å²) in [6, 6.07) is 7.60. The first-order chi connectivity index (χ1) is 11.5. The molecule has 1 amide bonds. The highest BCUT2D eigenvalue weighted by Gasteiger charge is 2.22. The van der Waals surface area contributed by atoms with Crippen molar-refractivity contribution >= 4 is 22.8 Å². The number of carboxylic acids is 1. The zero-order valence-corrected chi connectivity index (χ0v) is 14.2. The Kier molecular flexibility index (Phi) is 6.37. The molecule has 0 saturated heterocycles. The van der Waals surface area contributed by atoms with E-state index in [4.69, 9.17) is 5.11 Å². The summed E-state index contributed by atoms with van der Waals surface area (Å²) in [5, 5.41) is 13.0. The van der Waals surface area contributed by atoms with Gasteiger partial charge in [-0.25, -0.2) is 0 Å². The molecule has 0 aliphatic carbocycles. The zero-order chi connectivity index (χ0) is 17.5. The van der Waals surface area contributed by atoms with Crippen molar-refractivity contribution in [3.63, 3.8) is 0 Å². The third-order valence-corrected chi connectivity index (χ3v) is 4.14. The number of amides is 1. The summed E-state index contributed by atoms with van der Waals surface area (Å²) >= 11 is 0. The second-order valence-corrected chi connectivity index (χ2v) is 5.94. The van der Waals surface area contributed by atoms with Crippen molar-refractivity contribution in [3.05, 3.63) is 36.0 Å². The maximum absolute atomic E-state index is 12.3. The number of para-hydroxylation sites is 1. The van der Waals surface area contributed by atoms with Crippen LogP contribution in [0.15, 0.2) is 30.5 Å². The Morgan fingerprint density at radius 2 is 2.08 bits per heavy atom. The number of rotatable bonds is 9. The highest BCUT2D eigenvalue weighted by atomic mass is 16.4. The number of hydrogen-bond acceptors (Lipinski definition) is 3. The number of carbonyl (C=O) groups excluding carboxylic acids is 1. The van der Waals surface area contributed by atoms with E-state index in [2.05, 4.69) is 16.4 Å². The molecule has 2 rings (SSSR count). The Morgan fingerprint density at radius 1 is 1.33 bits per heavy atom. The molecule has 0 saturated carbocycles. The van der Waals surface area contributed by atoms with Gasteiger partial charge in [0.15, 0.2) is 0 Å². The van der Waals surface area contributed by atoms with Crippen LogP contribution in [0.4, 0.5) is 0 Å². The molecule has 0 fully saturated rings. The number of fused-ring (bicyclic) bond motifs is 1. The first-order valence-corrected chi connectivity index (χ1v) is 8.31. The minimum atomic E-state index is -0.915. The van der Waals surface area contributed by atoms with Crippen molar-refractivity contribution in [2.24, 2.45) is 0 Å². The number of carboxylic acid groups (broad SMARTS) is 1. The number of benzene rings is 1. The van der Waals surface area contributed by atoms with Crippen molar-refractivity contribution in [2.45, 2.75) is 32.7 Å². The molecule has 0 aliphatic rings. The third kappa shape index (κ3) is 4.58. The zero-order valence-electron chi connectivity index (χ0n) is 14.2. The fraction of sp³-hybridized carbons (Fsp3) is 0.444. The van der Waals surface area contributed by atoms with E-state index in [9.17, 15) is 9.59 Å². The number of aromatic amines is 1. The van der Waals surface area contributed by atoms with Gasteiger partial charge < -0.3 is 15.4 Å². The van der Waals surface area contributed by atoms with Crippen LogP contribution in [0, 0.1) is 0 Å². The van der Waals surface area contributed by atoms with Gasteiger partial charge in [0.25, 0.3) is 0 Å². The molecule has 6 nitrogen and oxygen atoms in total. The molecular formula is C18H25N3O3. The molecule has 0 aliphatic heterocycles. The van der Waals surface area contributed by atoms with Gasteiger partial charge in [-0.1, -0.05) is 25.1 Å². The van der Waals surface area contributed by atoms with Gasteiger partial charge in [0, 0.05) is 23.6 Å². The van der Waals surface area contributed by atoms with Crippen LogP contribution in [0.5, 0.6) is 0 Å². The number of aliphatic carboxylic acids is 1. The lowest BCUT2D eigenvalue weighted by Gasteiger charge is -2.26. The average molecular weight is 331 g/mol. The molecule has 2 aromatic rings. The predicted molar refractivity (Wildman–Crippen MR) is 94.0 cm³/mol. The van der Waals surface area contributed by atoms with Gasteiger partial charge in [0.2, 0.25) is 5.91 Å². The lowest BCUT2D eigenvalue weighted by atomic mass is 10.1. The summed E-state index contributed by atoms with van der Waals surface area (Å²) in [4.78, 5) is 28.1. The summed E-state index contributed by atoms with van der Waals surface area (Å²) in [5.41, 5.74) is 2.25. The first-order valence-electron chi connectivity index (χ1n) is 8.31. The molecule has 0 spiro atoms. The first kappa shape index (κ1) is 18.0. The fourth-order valence-electron chi connectivity index (χ4n) is 2.84. The minimum absolute atomic E-state index is 0.120. The average Bonchev–Trinajstić information content (AvgIpc) is 2.96. The van der Waals surface area contributed by atoms with Gasteiger partial charge >= 0.3 is 5.97 Å². The lowest BCUT2D eigenvalue weighted by molar-refractivity contribution is -0.139. The molecule has 130 valence electrons. The molecule has 1 heterocycles. The van der Waals surface area contributed by atoms with E-state index >= 15 is 0 Å². The van der Waals surface area contributed by atoms with Gasteiger partial charge in [0.05, 0.1) is 12.6 Å². The van der Waals surface area contributed by atoms with Crippen molar-refractivity contribution < 1.29 is 14.7 Å². The molecule has 3 N–H and O–H groups in total. The number of nitrogens with one attached hydrogen (secondary N) is 2. The monoisotopic (exact) mass is 331 g/mol. The third-order valence-electron chi connectivity index (χ3n) is 4.14. The van der Waals surface area contributed by atoms with Gasteiger partial charge in [0.1, 0.15) is 0 Å². The van der Waals surface area contributed by atoms with Crippen molar-refractivity contribution in [1.82, 2.24) is 15.2 Å². The van der Waals surface area contributed by atoms with E-state index in [1.54, 1.807) is 11.8 Å². The van der Waals surface area contributed by atoms with Crippen LogP contribution in [0.2, 0.25) is 0 Å². The summed E-state index contributed by atoms with van der Waals surface area (Å²) < 4.78 is 0. The minimum Gasteiger partial charge on any atom is -0.480 e. The second-order valence-electron chi connectivity index (χ2n) is 5.94. The van der Waals surface area contributed by atoms with Crippen molar-refractivity contribution in [1.29, 1.82) is 0 Å². The van der Waals surface area contributed by atoms with Gasteiger partial charge in [-0.05, 0) is 37.9 Å². The molecule has 24 heavy (non-hydrogen) atoms. The van der Waals surface area contributed by atoms with E-state index in [0.717, 1.165) is 23.9 Å². The maximum Gasteiger partial charge on any atom is 0.317 e. The largest absolute Gasteiger partial charge is 0.480 e. The summed E-state index contributed by atoms with van der Waals surface area (Å²) in [7, 11) is 0. The highest BCUT2D eigenvalue weighted by Crippen LogP contribution is 2.17. The molecule has 0 radical (unpaired) electrons.